The second-order valence-electron chi connectivity index (χ2n) is 6.06. The number of nitrogen functional groups attached to an aromatic ring is 1. The quantitative estimate of drug-likeness (QED) is 0.730. The Morgan fingerprint density at radius 3 is 2.58 bits per heavy atom. The molecule has 1 aliphatic rings. The molecule has 1 aromatic rings. The number of benzene rings is 1. The summed E-state index contributed by atoms with van der Waals surface area (Å²) in [5.74, 6) is 0.801. The maximum Gasteiger partial charge on any atom is 0.0819 e. The zero-order valence-corrected chi connectivity index (χ0v) is 12.1. The van der Waals surface area contributed by atoms with Crippen molar-refractivity contribution in [1.29, 1.82) is 0 Å². The van der Waals surface area contributed by atoms with E-state index in [1.165, 1.54) is 6.42 Å². The first-order valence-corrected chi connectivity index (χ1v) is 7.34. The standard InChI is InChI=1S/C16H26N2O/c1-3-13-4-6-16(19,7-5-13)11-18-15-9-12(2)8-14(17)10-15/h8-10,13,18-19H,3-7,11,17H2,1-2H3. The van der Waals surface area contributed by atoms with Crippen LogP contribution in [0.3, 0.4) is 0 Å². The zero-order chi connectivity index (χ0) is 13.9. The summed E-state index contributed by atoms with van der Waals surface area (Å²) in [7, 11) is 0. The van der Waals surface area contributed by atoms with Crippen LogP contribution in [0.2, 0.25) is 0 Å². The van der Waals surface area contributed by atoms with Crippen LogP contribution < -0.4 is 11.1 Å². The first-order chi connectivity index (χ1) is 9.00. The third-order valence-electron chi connectivity index (χ3n) is 4.33. The molecule has 0 saturated heterocycles. The second-order valence-corrected chi connectivity index (χ2v) is 6.06. The molecule has 1 aromatic carbocycles. The minimum absolute atomic E-state index is 0.551. The van der Waals surface area contributed by atoms with Crippen molar-refractivity contribution in [2.45, 2.75) is 51.6 Å². The summed E-state index contributed by atoms with van der Waals surface area (Å²) in [5, 5.41) is 13.9. The van der Waals surface area contributed by atoms with Gasteiger partial charge >= 0.3 is 0 Å². The van der Waals surface area contributed by atoms with Crippen LogP contribution in [0.4, 0.5) is 11.4 Å². The Hall–Kier alpha value is -1.22. The lowest BCUT2D eigenvalue weighted by atomic mass is 9.78. The molecule has 0 spiro atoms. The Morgan fingerprint density at radius 1 is 1.32 bits per heavy atom. The van der Waals surface area contributed by atoms with Crippen LogP contribution in [0.15, 0.2) is 18.2 Å². The van der Waals surface area contributed by atoms with Crippen molar-refractivity contribution >= 4 is 11.4 Å². The molecule has 0 aliphatic heterocycles. The van der Waals surface area contributed by atoms with Crippen LogP contribution in [0.25, 0.3) is 0 Å². The molecule has 0 amide bonds. The smallest absolute Gasteiger partial charge is 0.0819 e. The average molecular weight is 262 g/mol. The predicted molar refractivity (Wildman–Crippen MR) is 81.3 cm³/mol. The molecular formula is C16H26N2O. The van der Waals surface area contributed by atoms with E-state index < -0.39 is 5.60 Å². The lowest BCUT2D eigenvalue weighted by Crippen LogP contribution is -2.40. The van der Waals surface area contributed by atoms with Crippen LogP contribution in [-0.2, 0) is 0 Å². The second kappa shape index (κ2) is 5.83. The summed E-state index contributed by atoms with van der Waals surface area (Å²) in [6.07, 6.45) is 5.33. The van der Waals surface area contributed by atoms with Crippen molar-refractivity contribution in [3.05, 3.63) is 23.8 Å². The van der Waals surface area contributed by atoms with E-state index in [2.05, 4.69) is 18.3 Å². The van der Waals surface area contributed by atoms with Gasteiger partial charge in [-0.2, -0.15) is 0 Å². The van der Waals surface area contributed by atoms with E-state index in [4.69, 9.17) is 5.73 Å². The fourth-order valence-corrected chi connectivity index (χ4v) is 2.98. The van der Waals surface area contributed by atoms with Crippen molar-refractivity contribution in [2.75, 3.05) is 17.6 Å². The third-order valence-corrected chi connectivity index (χ3v) is 4.33. The summed E-state index contributed by atoms with van der Waals surface area (Å²) in [6, 6.07) is 5.94. The molecule has 19 heavy (non-hydrogen) atoms. The number of nitrogens with one attached hydrogen (secondary N) is 1. The molecule has 0 bridgehead atoms. The van der Waals surface area contributed by atoms with Crippen molar-refractivity contribution in [1.82, 2.24) is 0 Å². The number of anilines is 2. The van der Waals surface area contributed by atoms with E-state index in [9.17, 15) is 5.11 Å². The zero-order valence-electron chi connectivity index (χ0n) is 12.1. The van der Waals surface area contributed by atoms with Gasteiger partial charge in [0.2, 0.25) is 0 Å². The van der Waals surface area contributed by atoms with Crippen LogP contribution in [0.5, 0.6) is 0 Å². The molecule has 1 saturated carbocycles. The highest BCUT2D eigenvalue weighted by atomic mass is 16.3. The van der Waals surface area contributed by atoms with Crippen LogP contribution in [0, 0.1) is 12.8 Å². The first-order valence-electron chi connectivity index (χ1n) is 7.34. The maximum atomic E-state index is 10.6. The number of aryl methyl sites for hydroxylation is 1. The average Bonchev–Trinajstić information content (AvgIpc) is 2.37. The SMILES string of the molecule is CCC1CCC(O)(CNc2cc(C)cc(N)c2)CC1. The normalized spacial score (nSPS) is 27.2. The topological polar surface area (TPSA) is 58.3 Å². The number of hydrogen-bond donors (Lipinski definition) is 3. The Balaban J connectivity index is 1.91. The number of hydrogen-bond acceptors (Lipinski definition) is 3. The minimum Gasteiger partial charge on any atom is -0.399 e. The van der Waals surface area contributed by atoms with Gasteiger partial charge in [-0.25, -0.2) is 0 Å². The highest BCUT2D eigenvalue weighted by Crippen LogP contribution is 2.33. The van der Waals surface area contributed by atoms with Crippen LogP contribution >= 0.6 is 0 Å². The number of aliphatic hydroxyl groups is 1. The molecule has 0 atom stereocenters. The summed E-state index contributed by atoms with van der Waals surface area (Å²) in [5.41, 5.74) is 8.20. The monoisotopic (exact) mass is 262 g/mol. The number of rotatable bonds is 4. The van der Waals surface area contributed by atoms with E-state index in [1.807, 2.05) is 19.1 Å². The highest BCUT2D eigenvalue weighted by molar-refractivity contribution is 5.56. The molecule has 3 heteroatoms. The fourth-order valence-electron chi connectivity index (χ4n) is 2.98. The van der Waals surface area contributed by atoms with Gasteiger partial charge in [0.25, 0.3) is 0 Å². The Labute approximate surface area is 116 Å². The van der Waals surface area contributed by atoms with Gasteiger partial charge in [-0.1, -0.05) is 13.3 Å². The van der Waals surface area contributed by atoms with Gasteiger partial charge in [-0.15, -0.1) is 0 Å². The van der Waals surface area contributed by atoms with Crippen LogP contribution in [0.1, 0.15) is 44.6 Å². The summed E-state index contributed by atoms with van der Waals surface area (Å²) < 4.78 is 0. The summed E-state index contributed by atoms with van der Waals surface area (Å²) >= 11 is 0. The maximum absolute atomic E-state index is 10.6. The molecule has 0 unspecified atom stereocenters. The minimum atomic E-state index is -0.551. The summed E-state index contributed by atoms with van der Waals surface area (Å²) in [4.78, 5) is 0. The van der Waals surface area contributed by atoms with E-state index in [-0.39, 0.29) is 0 Å². The van der Waals surface area contributed by atoms with E-state index in [0.717, 1.165) is 48.5 Å². The molecule has 1 aliphatic carbocycles. The van der Waals surface area contributed by atoms with E-state index >= 15 is 0 Å². The highest BCUT2D eigenvalue weighted by Gasteiger charge is 2.32. The van der Waals surface area contributed by atoms with Crippen LogP contribution in [-0.4, -0.2) is 17.3 Å². The van der Waals surface area contributed by atoms with Gasteiger partial charge in [-0.05, 0) is 62.3 Å². The van der Waals surface area contributed by atoms with E-state index in [1.54, 1.807) is 0 Å². The lowest BCUT2D eigenvalue weighted by Gasteiger charge is -2.36. The molecule has 4 N–H and O–H groups in total. The largest absolute Gasteiger partial charge is 0.399 e. The predicted octanol–water partition coefficient (Wildman–Crippen LogP) is 3.32. The van der Waals surface area contributed by atoms with Crippen molar-refractivity contribution in [3.8, 4) is 0 Å². The number of nitrogens with two attached hydrogens (primary N) is 1. The van der Waals surface area contributed by atoms with Crippen molar-refractivity contribution in [3.63, 3.8) is 0 Å². The molecular weight excluding hydrogens is 236 g/mol. The van der Waals surface area contributed by atoms with E-state index in [0.29, 0.717) is 6.54 Å². The first kappa shape index (κ1) is 14.2. The molecule has 106 valence electrons. The Bertz CT molecular complexity index is 403. The molecule has 0 aromatic heterocycles. The molecule has 1 fully saturated rings. The third kappa shape index (κ3) is 3.87. The van der Waals surface area contributed by atoms with Gasteiger partial charge < -0.3 is 16.2 Å². The van der Waals surface area contributed by atoms with Gasteiger partial charge in [0, 0.05) is 17.9 Å². The van der Waals surface area contributed by atoms with Crippen molar-refractivity contribution in [2.24, 2.45) is 5.92 Å². The molecule has 0 radical (unpaired) electrons. The molecule has 0 heterocycles. The van der Waals surface area contributed by atoms with Gasteiger partial charge in [-0.3, -0.25) is 0 Å². The molecule has 2 rings (SSSR count). The lowest BCUT2D eigenvalue weighted by molar-refractivity contribution is 0.00229. The van der Waals surface area contributed by atoms with Crippen molar-refractivity contribution < 1.29 is 5.11 Å². The van der Waals surface area contributed by atoms with Gasteiger partial charge in [0.1, 0.15) is 0 Å². The Morgan fingerprint density at radius 2 is 2.00 bits per heavy atom. The van der Waals surface area contributed by atoms with Gasteiger partial charge in [0.15, 0.2) is 0 Å². The van der Waals surface area contributed by atoms with Gasteiger partial charge in [0.05, 0.1) is 5.60 Å². The summed E-state index contributed by atoms with van der Waals surface area (Å²) in [6.45, 7) is 4.89. The fraction of sp³-hybridized carbons (Fsp3) is 0.625. The Kier molecular flexibility index (Phi) is 4.35. The molecule has 3 nitrogen and oxygen atoms in total.